The number of ether oxygens (including phenoxy) is 1. The van der Waals surface area contributed by atoms with Crippen molar-refractivity contribution in [2.75, 3.05) is 6.61 Å². The van der Waals surface area contributed by atoms with Gasteiger partial charge < -0.3 is 4.74 Å². The zero-order chi connectivity index (χ0) is 18.8. The molecule has 0 rings (SSSR count). The van der Waals surface area contributed by atoms with E-state index >= 15 is 0 Å². The zero-order valence-electron chi connectivity index (χ0n) is 17.8. The van der Waals surface area contributed by atoms with E-state index in [4.69, 9.17) is 4.74 Å². The van der Waals surface area contributed by atoms with Gasteiger partial charge in [-0.05, 0) is 31.1 Å². The van der Waals surface area contributed by atoms with E-state index in [1.165, 1.54) is 83.5 Å². The number of hydrogen-bond acceptors (Lipinski definition) is 2. The van der Waals surface area contributed by atoms with Crippen LogP contribution in [-0.2, 0) is 9.53 Å². The lowest BCUT2D eigenvalue weighted by Crippen LogP contribution is -2.15. The zero-order valence-corrected chi connectivity index (χ0v) is 17.8. The van der Waals surface area contributed by atoms with Gasteiger partial charge in [0.25, 0.3) is 0 Å². The standard InChI is InChI=1S/C23H46O2/c1-5-7-8-9-10-11-12-13-14-15-17-23(24)25-20-22(16-6-2)19-18-21(3)4/h21-22H,5-20H2,1-4H3. The Bertz CT molecular complexity index is 286. The lowest BCUT2D eigenvalue weighted by molar-refractivity contribution is -0.145. The van der Waals surface area contributed by atoms with Crippen LogP contribution in [0.2, 0.25) is 0 Å². The molecule has 0 bridgehead atoms. The molecule has 150 valence electrons. The summed E-state index contributed by atoms with van der Waals surface area (Å²) in [6, 6.07) is 0. The molecule has 25 heavy (non-hydrogen) atoms. The smallest absolute Gasteiger partial charge is 0.305 e. The van der Waals surface area contributed by atoms with Crippen LogP contribution >= 0.6 is 0 Å². The third-order valence-electron chi connectivity index (χ3n) is 5.06. The average molecular weight is 355 g/mol. The van der Waals surface area contributed by atoms with E-state index in [9.17, 15) is 4.79 Å². The van der Waals surface area contributed by atoms with E-state index in [1.54, 1.807) is 0 Å². The molecule has 0 amide bonds. The maximum Gasteiger partial charge on any atom is 0.305 e. The Balaban J connectivity index is 3.52. The van der Waals surface area contributed by atoms with Gasteiger partial charge in [-0.15, -0.1) is 0 Å². The fraction of sp³-hybridized carbons (Fsp3) is 0.957. The molecule has 1 atom stereocenters. The van der Waals surface area contributed by atoms with Gasteiger partial charge in [0.1, 0.15) is 0 Å². The average Bonchev–Trinajstić information content (AvgIpc) is 2.59. The Morgan fingerprint density at radius 3 is 1.80 bits per heavy atom. The fourth-order valence-electron chi connectivity index (χ4n) is 3.33. The molecule has 0 fully saturated rings. The molecule has 0 aliphatic rings. The van der Waals surface area contributed by atoms with Crippen LogP contribution < -0.4 is 0 Å². The van der Waals surface area contributed by atoms with Crippen LogP contribution in [0.4, 0.5) is 0 Å². The molecule has 0 saturated heterocycles. The van der Waals surface area contributed by atoms with Crippen molar-refractivity contribution in [2.45, 2.75) is 124 Å². The maximum absolute atomic E-state index is 11.9. The van der Waals surface area contributed by atoms with E-state index in [2.05, 4.69) is 27.7 Å². The third-order valence-corrected chi connectivity index (χ3v) is 5.06. The van der Waals surface area contributed by atoms with Crippen LogP contribution in [0.1, 0.15) is 124 Å². The summed E-state index contributed by atoms with van der Waals surface area (Å²) in [7, 11) is 0. The second-order valence-corrected chi connectivity index (χ2v) is 8.24. The van der Waals surface area contributed by atoms with Crippen LogP contribution in [-0.4, -0.2) is 12.6 Å². The first-order valence-corrected chi connectivity index (χ1v) is 11.3. The normalized spacial score (nSPS) is 12.5. The molecule has 0 saturated carbocycles. The van der Waals surface area contributed by atoms with E-state index in [-0.39, 0.29) is 5.97 Å². The Morgan fingerprint density at radius 2 is 1.28 bits per heavy atom. The molecule has 0 aromatic rings. The first-order chi connectivity index (χ1) is 12.1. The Kier molecular flexibility index (Phi) is 17.9. The molecule has 1 unspecified atom stereocenters. The van der Waals surface area contributed by atoms with Crippen LogP contribution in [0.3, 0.4) is 0 Å². The molecule has 0 aliphatic carbocycles. The van der Waals surface area contributed by atoms with Gasteiger partial charge in [-0.2, -0.15) is 0 Å². The topological polar surface area (TPSA) is 26.3 Å². The van der Waals surface area contributed by atoms with Gasteiger partial charge in [0, 0.05) is 6.42 Å². The highest BCUT2D eigenvalue weighted by atomic mass is 16.5. The van der Waals surface area contributed by atoms with E-state index < -0.39 is 0 Å². The van der Waals surface area contributed by atoms with Gasteiger partial charge in [0.15, 0.2) is 0 Å². The van der Waals surface area contributed by atoms with Gasteiger partial charge in [-0.25, -0.2) is 0 Å². The second-order valence-electron chi connectivity index (χ2n) is 8.24. The predicted octanol–water partition coefficient (Wildman–Crippen LogP) is 7.69. The van der Waals surface area contributed by atoms with Crippen LogP contribution in [0, 0.1) is 11.8 Å². The molecule has 0 aromatic heterocycles. The highest BCUT2D eigenvalue weighted by molar-refractivity contribution is 5.69. The van der Waals surface area contributed by atoms with Crippen molar-refractivity contribution < 1.29 is 9.53 Å². The van der Waals surface area contributed by atoms with Crippen molar-refractivity contribution >= 4 is 5.97 Å². The molecular weight excluding hydrogens is 308 g/mol. The van der Waals surface area contributed by atoms with Crippen molar-refractivity contribution in [2.24, 2.45) is 11.8 Å². The molecule has 0 aromatic carbocycles. The van der Waals surface area contributed by atoms with Crippen LogP contribution in [0.15, 0.2) is 0 Å². The van der Waals surface area contributed by atoms with Crippen LogP contribution in [0.25, 0.3) is 0 Å². The molecule has 2 heteroatoms. The molecule has 0 spiro atoms. The first kappa shape index (κ1) is 24.5. The molecule has 0 N–H and O–H groups in total. The summed E-state index contributed by atoms with van der Waals surface area (Å²) in [6.07, 6.45) is 18.4. The first-order valence-electron chi connectivity index (χ1n) is 11.3. The van der Waals surface area contributed by atoms with E-state index in [1.807, 2.05) is 0 Å². The van der Waals surface area contributed by atoms with Gasteiger partial charge in [-0.1, -0.05) is 98.3 Å². The summed E-state index contributed by atoms with van der Waals surface area (Å²) >= 11 is 0. The monoisotopic (exact) mass is 354 g/mol. The fourth-order valence-corrected chi connectivity index (χ4v) is 3.33. The lowest BCUT2D eigenvalue weighted by Gasteiger charge is -2.17. The number of unbranched alkanes of at least 4 members (excludes halogenated alkanes) is 9. The lowest BCUT2D eigenvalue weighted by atomic mass is 9.95. The van der Waals surface area contributed by atoms with Gasteiger partial charge in [-0.3, -0.25) is 4.79 Å². The highest BCUT2D eigenvalue weighted by Crippen LogP contribution is 2.18. The molecule has 0 heterocycles. The molecule has 2 nitrogen and oxygen atoms in total. The number of esters is 1. The van der Waals surface area contributed by atoms with Gasteiger partial charge in [0.05, 0.1) is 6.61 Å². The minimum absolute atomic E-state index is 0.0187. The molecular formula is C23H46O2. The molecule has 0 radical (unpaired) electrons. The summed E-state index contributed by atoms with van der Waals surface area (Å²) in [5, 5.41) is 0. The van der Waals surface area contributed by atoms with Crippen molar-refractivity contribution in [1.29, 1.82) is 0 Å². The maximum atomic E-state index is 11.9. The Morgan fingerprint density at radius 1 is 0.720 bits per heavy atom. The summed E-state index contributed by atoms with van der Waals surface area (Å²) in [4.78, 5) is 11.9. The highest BCUT2D eigenvalue weighted by Gasteiger charge is 2.12. The van der Waals surface area contributed by atoms with Crippen molar-refractivity contribution in [1.82, 2.24) is 0 Å². The number of carbonyl (C=O) groups is 1. The largest absolute Gasteiger partial charge is 0.465 e. The molecule has 0 aliphatic heterocycles. The number of carbonyl (C=O) groups excluding carboxylic acids is 1. The second kappa shape index (κ2) is 18.3. The minimum Gasteiger partial charge on any atom is -0.465 e. The quantitative estimate of drug-likeness (QED) is 0.186. The summed E-state index contributed by atoms with van der Waals surface area (Å²) in [5.74, 6) is 1.32. The Labute approximate surface area is 158 Å². The van der Waals surface area contributed by atoms with Gasteiger partial charge in [0.2, 0.25) is 0 Å². The summed E-state index contributed by atoms with van der Waals surface area (Å²) < 4.78 is 5.53. The number of rotatable bonds is 18. The van der Waals surface area contributed by atoms with Crippen molar-refractivity contribution in [3.05, 3.63) is 0 Å². The Hall–Kier alpha value is -0.530. The predicted molar refractivity (Wildman–Crippen MR) is 110 cm³/mol. The van der Waals surface area contributed by atoms with Crippen molar-refractivity contribution in [3.63, 3.8) is 0 Å². The third kappa shape index (κ3) is 18.1. The SMILES string of the molecule is CCCCCCCCCCCCC(=O)OCC(CCC)CCC(C)C. The summed E-state index contributed by atoms with van der Waals surface area (Å²) in [6.45, 7) is 9.65. The summed E-state index contributed by atoms with van der Waals surface area (Å²) in [5.41, 5.74) is 0. The minimum atomic E-state index is 0.0187. The van der Waals surface area contributed by atoms with Crippen LogP contribution in [0.5, 0.6) is 0 Å². The number of hydrogen-bond donors (Lipinski definition) is 0. The van der Waals surface area contributed by atoms with Crippen molar-refractivity contribution in [3.8, 4) is 0 Å². The van der Waals surface area contributed by atoms with E-state index in [0.717, 1.165) is 12.3 Å². The van der Waals surface area contributed by atoms with E-state index in [0.29, 0.717) is 18.9 Å². The van der Waals surface area contributed by atoms with Gasteiger partial charge >= 0.3 is 5.97 Å².